The quantitative estimate of drug-likeness (QED) is 0.297. The highest BCUT2D eigenvalue weighted by molar-refractivity contribution is 6.04. The third-order valence-electron chi connectivity index (χ3n) is 4.07. The Labute approximate surface area is 148 Å². The molecule has 0 fully saturated rings. The number of fused-ring (bicyclic) bond motifs is 3. The third kappa shape index (κ3) is 2.67. The number of benzene rings is 2. The van der Waals surface area contributed by atoms with Crippen molar-refractivity contribution in [3.8, 4) is 11.5 Å². The van der Waals surface area contributed by atoms with Gasteiger partial charge in [0.2, 0.25) is 0 Å². The Hall–Kier alpha value is -3.68. The fourth-order valence-electron chi connectivity index (χ4n) is 2.88. The average Bonchev–Trinajstić information content (AvgIpc) is 2.97. The van der Waals surface area contributed by atoms with E-state index in [9.17, 15) is 10.2 Å². The fourth-order valence-corrected chi connectivity index (χ4v) is 2.88. The van der Waals surface area contributed by atoms with E-state index in [1.165, 1.54) is 24.4 Å². The van der Waals surface area contributed by atoms with Crippen LogP contribution in [0.2, 0.25) is 0 Å². The average molecular weight is 348 g/mol. The van der Waals surface area contributed by atoms with Crippen LogP contribution in [0.1, 0.15) is 12.5 Å². The molecular weight excluding hydrogens is 332 g/mol. The maximum Gasteiger partial charge on any atom is 0.265 e. The summed E-state index contributed by atoms with van der Waals surface area (Å²) < 4.78 is 2.06. The number of nitrogens with one attached hydrogen (secondary N) is 1. The minimum Gasteiger partial charge on any atom is -0.508 e. The van der Waals surface area contributed by atoms with Gasteiger partial charge in [0, 0.05) is 17.5 Å². The number of aryl methyl sites for hydroxylation is 1. The zero-order valence-corrected chi connectivity index (χ0v) is 14.0. The molecule has 0 bridgehead atoms. The first-order valence-corrected chi connectivity index (χ1v) is 8.10. The molecule has 0 spiro atoms. The Morgan fingerprint density at radius 1 is 1.15 bits per heavy atom. The van der Waals surface area contributed by atoms with Gasteiger partial charge < -0.3 is 14.8 Å². The monoisotopic (exact) mass is 348 g/mol. The van der Waals surface area contributed by atoms with Crippen LogP contribution in [0.15, 0.2) is 47.6 Å². The third-order valence-corrected chi connectivity index (χ3v) is 4.07. The normalized spacial score (nSPS) is 11.6. The van der Waals surface area contributed by atoms with Crippen LogP contribution in [-0.4, -0.2) is 36.2 Å². The molecule has 0 saturated heterocycles. The molecule has 0 amide bonds. The maximum atomic E-state index is 9.75. The van der Waals surface area contributed by atoms with Crippen LogP contribution in [0, 0.1) is 0 Å². The Morgan fingerprint density at radius 2 is 2.00 bits per heavy atom. The first-order valence-electron chi connectivity index (χ1n) is 8.10. The van der Waals surface area contributed by atoms with Gasteiger partial charge in [-0.1, -0.05) is 18.2 Å². The van der Waals surface area contributed by atoms with E-state index in [1.54, 1.807) is 0 Å². The molecule has 0 aliphatic heterocycles. The maximum absolute atomic E-state index is 9.75. The van der Waals surface area contributed by atoms with Gasteiger partial charge in [-0.05, 0) is 31.2 Å². The van der Waals surface area contributed by atoms with Crippen molar-refractivity contribution in [1.29, 1.82) is 0 Å². The molecular formula is C18H16N6O2. The van der Waals surface area contributed by atoms with E-state index in [1.807, 2.05) is 31.2 Å². The molecule has 0 atom stereocenters. The van der Waals surface area contributed by atoms with E-state index in [0.717, 1.165) is 28.6 Å². The molecule has 8 nitrogen and oxygen atoms in total. The standard InChI is InChI=1S/C18H16N6O2/c1-2-24-14-6-4-3-5-13(14)16-17(24)20-18(23-21-16)22-19-10-11-9-12(25)7-8-15(11)26/h3-10,25-26H,2H2,1H3,(H,20,22,23)/b19-10-. The molecule has 8 heteroatoms. The van der Waals surface area contributed by atoms with Gasteiger partial charge in [0.25, 0.3) is 5.95 Å². The van der Waals surface area contributed by atoms with Crippen molar-refractivity contribution in [3.05, 3.63) is 48.0 Å². The Kier molecular flexibility index (Phi) is 3.85. The van der Waals surface area contributed by atoms with Crippen LogP contribution in [0.3, 0.4) is 0 Å². The number of hydrazone groups is 1. The summed E-state index contributed by atoms with van der Waals surface area (Å²) in [5.74, 6) is 0.288. The van der Waals surface area contributed by atoms with Crippen molar-refractivity contribution >= 4 is 34.2 Å². The topological polar surface area (TPSA) is 108 Å². The van der Waals surface area contributed by atoms with Crippen molar-refractivity contribution in [3.63, 3.8) is 0 Å². The summed E-state index contributed by atoms with van der Waals surface area (Å²) in [7, 11) is 0. The van der Waals surface area contributed by atoms with E-state index >= 15 is 0 Å². The summed E-state index contributed by atoms with van der Waals surface area (Å²) >= 11 is 0. The van der Waals surface area contributed by atoms with Crippen molar-refractivity contribution in [2.75, 3.05) is 5.43 Å². The fraction of sp³-hybridized carbons (Fsp3) is 0.111. The molecule has 4 rings (SSSR count). The van der Waals surface area contributed by atoms with Crippen LogP contribution < -0.4 is 5.43 Å². The molecule has 0 radical (unpaired) electrons. The summed E-state index contributed by atoms with van der Waals surface area (Å²) in [4.78, 5) is 4.51. The number of nitrogens with zero attached hydrogens (tertiary/aromatic N) is 5. The summed E-state index contributed by atoms with van der Waals surface area (Å²) in [5, 5.41) is 32.6. The number of aromatic nitrogens is 4. The molecule has 0 saturated carbocycles. The van der Waals surface area contributed by atoms with E-state index in [2.05, 4.69) is 30.3 Å². The van der Waals surface area contributed by atoms with E-state index < -0.39 is 0 Å². The van der Waals surface area contributed by atoms with Gasteiger partial charge in [-0.15, -0.1) is 10.2 Å². The van der Waals surface area contributed by atoms with Crippen LogP contribution in [0.5, 0.6) is 11.5 Å². The number of rotatable bonds is 4. The predicted molar refractivity (Wildman–Crippen MR) is 99.5 cm³/mol. The summed E-state index contributed by atoms with van der Waals surface area (Å²) in [6.45, 7) is 2.80. The lowest BCUT2D eigenvalue weighted by Gasteiger charge is -2.03. The van der Waals surface area contributed by atoms with Gasteiger partial charge in [0.1, 0.15) is 17.0 Å². The lowest BCUT2D eigenvalue weighted by Crippen LogP contribution is -2.02. The molecule has 26 heavy (non-hydrogen) atoms. The smallest absolute Gasteiger partial charge is 0.265 e. The Bertz CT molecular complexity index is 1140. The number of anilines is 1. The second-order valence-corrected chi connectivity index (χ2v) is 5.68. The van der Waals surface area contributed by atoms with Gasteiger partial charge in [-0.25, -0.2) is 5.43 Å². The van der Waals surface area contributed by atoms with Crippen LogP contribution in [0.4, 0.5) is 5.95 Å². The SMILES string of the molecule is CCn1c2ccccc2c2nnc(N/N=C\c3cc(O)ccc3O)nc21. The summed E-state index contributed by atoms with van der Waals surface area (Å²) in [6.07, 6.45) is 1.37. The minimum absolute atomic E-state index is 0.00829. The Morgan fingerprint density at radius 3 is 2.85 bits per heavy atom. The second-order valence-electron chi connectivity index (χ2n) is 5.68. The highest BCUT2D eigenvalue weighted by Crippen LogP contribution is 2.26. The Balaban J connectivity index is 1.68. The largest absolute Gasteiger partial charge is 0.508 e. The number of hydrogen-bond donors (Lipinski definition) is 3. The first kappa shape index (κ1) is 15.8. The van der Waals surface area contributed by atoms with E-state index in [4.69, 9.17) is 0 Å². The minimum atomic E-state index is 0.00829. The zero-order valence-electron chi connectivity index (χ0n) is 14.0. The molecule has 2 aromatic heterocycles. The lowest BCUT2D eigenvalue weighted by atomic mass is 10.2. The molecule has 0 unspecified atom stereocenters. The zero-order chi connectivity index (χ0) is 18.1. The van der Waals surface area contributed by atoms with Crippen molar-refractivity contribution in [2.45, 2.75) is 13.5 Å². The lowest BCUT2D eigenvalue weighted by molar-refractivity contribution is 0.459. The van der Waals surface area contributed by atoms with Crippen molar-refractivity contribution in [1.82, 2.24) is 19.7 Å². The molecule has 3 N–H and O–H groups in total. The van der Waals surface area contributed by atoms with Crippen molar-refractivity contribution < 1.29 is 10.2 Å². The number of phenols is 2. The number of hydrogen-bond acceptors (Lipinski definition) is 7. The number of phenolic OH excluding ortho intramolecular Hbond substituents is 2. The van der Waals surface area contributed by atoms with Gasteiger partial charge in [0.05, 0.1) is 11.7 Å². The van der Waals surface area contributed by atoms with Crippen molar-refractivity contribution in [2.24, 2.45) is 5.10 Å². The van der Waals surface area contributed by atoms with Gasteiger partial charge in [-0.2, -0.15) is 10.1 Å². The number of aromatic hydroxyl groups is 2. The molecule has 0 aliphatic carbocycles. The van der Waals surface area contributed by atoms with Crippen LogP contribution in [-0.2, 0) is 6.54 Å². The second kappa shape index (κ2) is 6.32. The molecule has 130 valence electrons. The highest BCUT2D eigenvalue weighted by atomic mass is 16.3. The molecule has 0 aliphatic rings. The predicted octanol–water partition coefficient (Wildman–Crippen LogP) is 2.86. The summed E-state index contributed by atoms with van der Waals surface area (Å²) in [6, 6.07) is 12.1. The van der Waals surface area contributed by atoms with Crippen LogP contribution >= 0.6 is 0 Å². The highest BCUT2D eigenvalue weighted by Gasteiger charge is 2.13. The van der Waals surface area contributed by atoms with E-state index in [0.29, 0.717) is 5.56 Å². The molecule has 2 aromatic carbocycles. The van der Waals surface area contributed by atoms with Crippen LogP contribution in [0.25, 0.3) is 22.1 Å². The molecule has 4 aromatic rings. The molecule has 2 heterocycles. The first-order chi connectivity index (χ1) is 12.7. The van der Waals surface area contributed by atoms with Gasteiger partial charge in [0.15, 0.2) is 5.65 Å². The summed E-state index contributed by atoms with van der Waals surface area (Å²) in [5.41, 5.74) is 5.59. The number of para-hydroxylation sites is 1. The van der Waals surface area contributed by atoms with Gasteiger partial charge >= 0.3 is 0 Å². The van der Waals surface area contributed by atoms with E-state index in [-0.39, 0.29) is 17.4 Å². The van der Waals surface area contributed by atoms with Gasteiger partial charge in [-0.3, -0.25) is 0 Å².